The summed E-state index contributed by atoms with van der Waals surface area (Å²) in [5, 5.41) is 2.69. The standard InChI is InChI=1S/C28H32F3N7O3/c1-16-14-37(5-4-36(16)3)24-10-22(29)19(18-11-33-28(34-12-18)38-6-7-41-17(2)15-38)8-23(24)35-27(40)21-13-32-25(39)9-20(21)26(30)31/h8-13,16-17,26H,4-7,14-15H2,1-3H3,(H,32,39)(H,35,40)/t16-,17+/m0/s1. The van der Waals surface area contributed by atoms with Gasteiger partial charge in [0.2, 0.25) is 11.5 Å². The zero-order valence-corrected chi connectivity index (χ0v) is 23.0. The molecule has 3 aromatic rings. The summed E-state index contributed by atoms with van der Waals surface area (Å²) in [5.74, 6) is -0.901. The van der Waals surface area contributed by atoms with Crippen LogP contribution in [0.4, 0.5) is 30.5 Å². The zero-order chi connectivity index (χ0) is 29.3. The van der Waals surface area contributed by atoms with Crippen molar-refractivity contribution in [1.82, 2.24) is 19.9 Å². The van der Waals surface area contributed by atoms with Crippen LogP contribution in [0.3, 0.4) is 0 Å². The summed E-state index contributed by atoms with van der Waals surface area (Å²) >= 11 is 0. The number of aromatic nitrogens is 3. The quantitative estimate of drug-likeness (QED) is 0.463. The third-order valence-corrected chi connectivity index (χ3v) is 7.54. The van der Waals surface area contributed by atoms with Crippen LogP contribution < -0.4 is 20.7 Å². The molecule has 218 valence electrons. The lowest BCUT2D eigenvalue weighted by Gasteiger charge is -2.39. The van der Waals surface area contributed by atoms with E-state index in [0.29, 0.717) is 62.6 Å². The van der Waals surface area contributed by atoms with E-state index in [2.05, 4.69) is 25.2 Å². The molecule has 4 heterocycles. The number of pyridine rings is 1. The van der Waals surface area contributed by atoms with Crippen molar-refractivity contribution in [3.8, 4) is 11.1 Å². The minimum atomic E-state index is -3.04. The van der Waals surface area contributed by atoms with Crippen molar-refractivity contribution < 1.29 is 22.7 Å². The number of carbonyl (C=O) groups excluding carboxylic acids is 1. The van der Waals surface area contributed by atoms with Crippen molar-refractivity contribution in [3.63, 3.8) is 0 Å². The summed E-state index contributed by atoms with van der Waals surface area (Å²) in [5.41, 5.74) is -0.631. The van der Waals surface area contributed by atoms with E-state index in [1.165, 1.54) is 24.5 Å². The molecule has 2 fully saturated rings. The molecule has 1 aromatic carbocycles. The first kappa shape index (κ1) is 28.6. The number of H-pyrrole nitrogens is 1. The fraction of sp³-hybridized carbons (Fsp3) is 0.429. The Bertz CT molecular complexity index is 1470. The Balaban J connectivity index is 1.51. The van der Waals surface area contributed by atoms with Crippen LogP contribution >= 0.6 is 0 Å². The molecular weight excluding hydrogens is 539 g/mol. The lowest BCUT2D eigenvalue weighted by molar-refractivity contribution is 0.0526. The topological polar surface area (TPSA) is 107 Å². The van der Waals surface area contributed by atoms with Crippen molar-refractivity contribution >= 4 is 23.2 Å². The van der Waals surface area contributed by atoms with Gasteiger partial charge in [-0.25, -0.2) is 23.1 Å². The number of benzene rings is 1. The molecule has 2 saturated heterocycles. The molecule has 2 aromatic heterocycles. The zero-order valence-electron chi connectivity index (χ0n) is 23.0. The molecular formula is C28H32F3N7O3. The fourth-order valence-corrected chi connectivity index (χ4v) is 5.09. The molecule has 2 aliphatic rings. The van der Waals surface area contributed by atoms with Crippen LogP contribution in [0.25, 0.3) is 11.1 Å². The highest BCUT2D eigenvalue weighted by atomic mass is 19.3. The molecule has 10 nitrogen and oxygen atoms in total. The number of piperazine rings is 1. The number of ether oxygens (including phenoxy) is 1. The first-order chi connectivity index (χ1) is 19.6. The third-order valence-electron chi connectivity index (χ3n) is 7.54. The Kier molecular flexibility index (Phi) is 8.27. The van der Waals surface area contributed by atoms with E-state index in [9.17, 15) is 18.4 Å². The van der Waals surface area contributed by atoms with E-state index in [1.807, 2.05) is 30.7 Å². The molecule has 41 heavy (non-hydrogen) atoms. The molecule has 0 spiro atoms. The number of nitrogens with one attached hydrogen (secondary N) is 2. The molecule has 0 unspecified atom stereocenters. The van der Waals surface area contributed by atoms with Crippen LogP contribution in [-0.2, 0) is 4.74 Å². The lowest BCUT2D eigenvalue weighted by Crippen LogP contribution is -2.50. The molecule has 2 aliphatic heterocycles. The number of alkyl halides is 2. The average molecular weight is 572 g/mol. The maximum atomic E-state index is 15.7. The summed E-state index contributed by atoms with van der Waals surface area (Å²) < 4.78 is 48.6. The van der Waals surface area contributed by atoms with E-state index in [0.717, 1.165) is 6.20 Å². The van der Waals surface area contributed by atoms with Crippen molar-refractivity contribution in [3.05, 3.63) is 64.1 Å². The molecule has 2 N–H and O–H groups in total. The van der Waals surface area contributed by atoms with Crippen molar-refractivity contribution in [2.45, 2.75) is 32.4 Å². The molecule has 1 amide bonds. The first-order valence-electron chi connectivity index (χ1n) is 13.4. The van der Waals surface area contributed by atoms with Crippen LogP contribution in [-0.4, -0.2) is 84.3 Å². The smallest absolute Gasteiger partial charge is 0.264 e. The number of morpholine rings is 1. The summed E-state index contributed by atoms with van der Waals surface area (Å²) in [6.07, 6.45) is 0.987. The van der Waals surface area contributed by atoms with Crippen molar-refractivity contribution in [2.75, 3.05) is 61.5 Å². The van der Waals surface area contributed by atoms with E-state index in [1.54, 1.807) is 0 Å². The van der Waals surface area contributed by atoms with Crippen LogP contribution in [0, 0.1) is 5.82 Å². The minimum Gasteiger partial charge on any atom is -0.375 e. The summed E-state index contributed by atoms with van der Waals surface area (Å²) in [7, 11) is 2.00. The number of anilines is 3. The number of halogens is 3. The number of rotatable bonds is 6. The van der Waals surface area contributed by atoms with Crippen molar-refractivity contribution in [2.24, 2.45) is 0 Å². The Labute approximate surface area is 235 Å². The van der Waals surface area contributed by atoms with Crippen LogP contribution in [0.15, 0.2) is 41.6 Å². The largest absolute Gasteiger partial charge is 0.375 e. The van der Waals surface area contributed by atoms with Gasteiger partial charge in [-0.05, 0) is 33.0 Å². The van der Waals surface area contributed by atoms with Gasteiger partial charge in [0.1, 0.15) is 5.82 Å². The van der Waals surface area contributed by atoms with Gasteiger partial charge in [-0.15, -0.1) is 0 Å². The second-order valence-electron chi connectivity index (χ2n) is 10.4. The van der Waals surface area contributed by atoms with Crippen LogP contribution in [0.1, 0.15) is 36.2 Å². The molecule has 2 atom stereocenters. The predicted molar refractivity (Wildman–Crippen MR) is 149 cm³/mol. The highest BCUT2D eigenvalue weighted by molar-refractivity contribution is 6.07. The highest BCUT2D eigenvalue weighted by Gasteiger charge is 2.27. The maximum Gasteiger partial charge on any atom is 0.264 e. The summed E-state index contributed by atoms with van der Waals surface area (Å²) in [6, 6.07) is 3.66. The van der Waals surface area contributed by atoms with Gasteiger partial charge in [-0.2, -0.15) is 0 Å². The molecule has 0 saturated carbocycles. The molecule has 0 aliphatic carbocycles. The number of nitrogens with zero attached hydrogens (tertiary/aromatic N) is 5. The number of likely N-dealkylation sites (N-methyl/N-ethyl adjacent to an activating group) is 1. The monoisotopic (exact) mass is 571 g/mol. The van der Waals surface area contributed by atoms with Crippen LogP contribution in [0.2, 0.25) is 0 Å². The molecule has 0 radical (unpaired) electrons. The summed E-state index contributed by atoms with van der Waals surface area (Å²) in [6.45, 7) is 7.67. The number of aromatic amines is 1. The van der Waals surface area contributed by atoms with Gasteiger partial charge < -0.3 is 29.7 Å². The van der Waals surface area contributed by atoms with E-state index in [-0.39, 0.29) is 29.0 Å². The van der Waals surface area contributed by atoms with Gasteiger partial charge in [0.05, 0.1) is 29.6 Å². The van der Waals surface area contributed by atoms with E-state index in [4.69, 9.17) is 4.74 Å². The Morgan fingerprint density at radius 1 is 1.10 bits per heavy atom. The van der Waals surface area contributed by atoms with Gasteiger partial charge in [-0.1, -0.05) is 0 Å². The number of carbonyl (C=O) groups is 1. The summed E-state index contributed by atoms with van der Waals surface area (Å²) in [4.78, 5) is 42.1. The molecule has 13 heteroatoms. The molecule has 0 bridgehead atoms. The molecule has 5 rings (SSSR count). The second kappa shape index (κ2) is 11.9. The average Bonchev–Trinajstić information content (AvgIpc) is 2.95. The van der Waals surface area contributed by atoms with Crippen molar-refractivity contribution in [1.29, 1.82) is 0 Å². The Morgan fingerprint density at radius 2 is 1.85 bits per heavy atom. The fourth-order valence-electron chi connectivity index (χ4n) is 5.09. The minimum absolute atomic E-state index is 0.0357. The third kappa shape index (κ3) is 6.20. The normalized spacial score (nSPS) is 20.0. The van der Waals surface area contributed by atoms with E-state index >= 15 is 4.39 Å². The highest BCUT2D eigenvalue weighted by Crippen LogP contribution is 2.36. The number of amides is 1. The van der Waals surface area contributed by atoms with Gasteiger partial charge >= 0.3 is 0 Å². The SMILES string of the molecule is C[C@@H]1CN(c2ncc(-c3cc(NC(=O)c4c[nH]c(=O)cc4C(F)F)c(N4CCN(C)[C@@H](C)C4)cc3F)cn2)CCO1. The lowest BCUT2D eigenvalue weighted by atomic mass is 10.0. The van der Waals surface area contributed by atoms with Gasteiger partial charge in [0.15, 0.2) is 0 Å². The Hall–Kier alpha value is -3.97. The van der Waals surface area contributed by atoms with E-state index < -0.39 is 29.3 Å². The van der Waals surface area contributed by atoms with Gasteiger partial charge in [0.25, 0.3) is 12.3 Å². The number of hydrogen-bond donors (Lipinski definition) is 2. The Morgan fingerprint density at radius 3 is 2.54 bits per heavy atom. The second-order valence-corrected chi connectivity index (χ2v) is 10.4. The number of hydrogen-bond acceptors (Lipinski definition) is 8. The predicted octanol–water partition coefficient (Wildman–Crippen LogP) is 3.53. The van der Waals surface area contributed by atoms with Gasteiger partial charge in [0, 0.05) is 80.1 Å². The van der Waals surface area contributed by atoms with Crippen LogP contribution in [0.5, 0.6) is 0 Å². The maximum absolute atomic E-state index is 15.7. The van der Waals surface area contributed by atoms with Gasteiger partial charge in [-0.3, -0.25) is 9.59 Å². The first-order valence-corrected chi connectivity index (χ1v) is 13.4.